The zero-order valence-electron chi connectivity index (χ0n) is 18.2. The van der Waals surface area contributed by atoms with Crippen molar-refractivity contribution < 1.29 is 9.59 Å². The summed E-state index contributed by atoms with van der Waals surface area (Å²) in [4.78, 5) is 35.4. The molecule has 0 aliphatic carbocycles. The molecule has 1 atom stereocenters. The van der Waals surface area contributed by atoms with Gasteiger partial charge in [-0.2, -0.15) is 0 Å². The molecule has 0 saturated carbocycles. The summed E-state index contributed by atoms with van der Waals surface area (Å²) in [7, 11) is 0. The molecular weight excluding hydrogens is 402 g/mol. The molecule has 2 amide bonds. The summed E-state index contributed by atoms with van der Waals surface area (Å²) in [6, 6.07) is 19.7. The third-order valence-electron chi connectivity index (χ3n) is 6.24. The number of carbonyl (C=O) groups excluding carboxylic acids is 2. The van der Waals surface area contributed by atoms with E-state index in [1.54, 1.807) is 0 Å². The maximum atomic E-state index is 13.7. The zero-order chi connectivity index (χ0) is 22.1. The minimum atomic E-state index is -0.467. The number of benzene rings is 2. The lowest BCUT2D eigenvalue weighted by Crippen LogP contribution is -2.45. The van der Waals surface area contributed by atoms with Crippen LogP contribution < -0.4 is 10.2 Å². The molecule has 7 heteroatoms. The molecule has 164 valence electrons. The number of nitrogens with one attached hydrogen (secondary N) is 1. The van der Waals surface area contributed by atoms with Crippen molar-refractivity contribution in [1.29, 1.82) is 0 Å². The Morgan fingerprint density at radius 2 is 1.50 bits per heavy atom. The van der Waals surface area contributed by atoms with Crippen LogP contribution in [-0.4, -0.2) is 52.4 Å². The second-order valence-corrected chi connectivity index (χ2v) is 8.39. The molecule has 0 bridgehead atoms. The number of hydrogen-bond donors (Lipinski definition) is 1. The second-order valence-electron chi connectivity index (χ2n) is 8.39. The first-order valence-electron chi connectivity index (χ1n) is 11.1. The highest BCUT2D eigenvalue weighted by atomic mass is 16.2. The number of hydrogen-bond acceptors (Lipinski definition) is 5. The van der Waals surface area contributed by atoms with E-state index in [1.807, 2.05) is 60.0 Å². The molecule has 5 rings (SSSR count). The number of piperazine rings is 1. The van der Waals surface area contributed by atoms with Gasteiger partial charge in [0.2, 0.25) is 11.9 Å². The van der Waals surface area contributed by atoms with Crippen LogP contribution in [0.4, 0.5) is 5.95 Å². The molecule has 3 aromatic rings. The molecule has 32 heavy (non-hydrogen) atoms. The minimum Gasteiger partial charge on any atom is -0.340 e. The van der Waals surface area contributed by atoms with Gasteiger partial charge < -0.3 is 14.8 Å². The summed E-state index contributed by atoms with van der Waals surface area (Å²) in [5.41, 5.74) is 3.15. The number of imide groups is 1. The van der Waals surface area contributed by atoms with Gasteiger partial charge in [-0.05, 0) is 18.1 Å². The molecule has 1 aromatic heterocycles. The maximum absolute atomic E-state index is 13.7. The van der Waals surface area contributed by atoms with Crippen molar-refractivity contribution in [3.63, 3.8) is 0 Å². The summed E-state index contributed by atoms with van der Waals surface area (Å²) < 4.78 is 2.01. The number of aromatic nitrogens is 2. The van der Waals surface area contributed by atoms with Gasteiger partial charge in [0.1, 0.15) is 5.69 Å². The fraction of sp³-hybridized carbons (Fsp3) is 0.320. The van der Waals surface area contributed by atoms with Gasteiger partial charge in [-0.15, -0.1) is 0 Å². The summed E-state index contributed by atoms with van der Waals surface area (Å²) in [6.45, 7) is 6.02. The van der Waals surface area contributed by atoms with Gasteiger partial charge in [0.05, 0.1) is 24.7 Å². The van der Waals surface area contributed by atoms with Crippen molar-refractivity contribution in [2.75, 3.05) is 31.1 Å². The van der Waals surface area contributed by atoms with Crippen LogP contribution in [0.1, 0.15) is 40.2 Å². The number of rotatable bonds is 5. The Labute approximate surface area is 187 Å². The van der Waals surface area contributed by atoms with Crippen molar-refractivity contribution in [3.8, 4) is 0 Å². The van der Waals surface area contributed by atoms with Gasteiger partial charge >= 0.3 is 0 Å². The highest BCUT2D eigenvalue weighted by Gasteiger charge is 2.42. The fourth-order valence-electron chi connectivity index (χ4n) is 4.50. The minimum absolute atomic E-state index is 0.192. The van der Waals surface area contributed by atoms with E-state index in [2.05, 4.69) is 22.3 Å². The Morgan fingerprint density at radius 1 is 0.906 bits per heavy atom. The van der Waals surface area contributed by atoms with Crippen molar-refractivity contribution >= 4 is 17.8 Å². The number of carbonyl (C=O) groups is 2. The van der Waals surface area contributed by atoms with E-state index in [9.17, 15) is 9.59 Å². The quantitative estimate of drug-likeness (QED) is 0.632. The van der Waals surface area contributed by atoms with Gasteiger partial charge in [-0.25, -0.2) is 4.98 Å². The van der Waals surface area contributed by atoms with Crippen LogP contribution in [-0.2, 0) is 17.9 Å². The standard InChI is InChI=1S/C25H27N5O2/c1-18-21-22(24(32)30(23(18)31)17-20-10-6-3-7-11-20)29(16-19-8-4-2-5-9-19)25(27-21)28-14-12-26-13-15-28/h2-11,18,26H,12-17H2,1H3. The summed E-state index contributed by atoms with van der Waals surface area (Å²) in [5, 5.41) is 3.37. The second kappa shape index (κ2) is 8.59. The first-order chi connectivity index (χ1) is 15.6. The average molecular weight is 430 g/mol. The topological polar surface area (TPSA) is 70.5 Å². The molecule has 2 aliphatic rings. The Morgan fingerprint density at radius 3 is 2.12 bits per heavy atom. The maximum Gasteiger partial charge on any atom is 0.279 e. The molecule has 1 saturated heterocycles. The molecule has 2 aromatic carbocycles. The average Bonchev–Trinajstić information content (AvgIpc) is 3.22. The molecule has 7 nitrogen and oxygen atoms in total. The van der Waals surface area contributed by atoms with Gasteiger partial charge in [-0.3, -0.25) is 14.5 Å². The van der Waals surface area contributed by atoms with Gasteiger partial charge in [0.25, 0.3) is 5.91 Å². The molecule has 0 spiro atoms. The number of nitrogens with zero attached hydrogens (tertiary/aromatic N) is 4. The summed E-state index contributed by atoms with van der Waals surface area (Å²) in [6.07, 6.45) is 0. The molecule has 0 radical (unpaired) electrons. The van der Waals surface area contributed by atoms with E-state index in [4.69, 9.17) is 4.98 Å². The third kappa shape index (κ3) is 3.69. The predicted molar refractivity (Wildman–Crippen MR) is 123 cm³/mol. The van der Waals surface area contributed by atoms with E-state index >= 15 is 0 Å². The van der Waals surface area contributed by atoms with Gasteiger partial charge in [0.15, 0.2) is 0 Å². The van der Waals surface area contributed by atoms with E-state index in [1.165, 1.54) is 4.90 Å². The van der Waals surface area contributed by atoms with E-state index in [0.29, 0.717) is 17.9 Å². The fourth-order valence-corrected chi connectivity index (χ4v) is 4.50. The van der Waals surface area contributed by atoms with Crippen molar-refractivity contribution in [3.05, 3.63) is 83.2 Å². The molecular formula is C25H27N5O2. The SMILES string of the molecule is CC1C(=O)N(Cc2ccccc2)C(=O)c2c1nc(N1CCNCC1)n2Cc1ccccc1. The van der Waals surface area contributed by atoms with Crippen molar-refractivity contribution in [2.45, 2.75) is 25.9 Å². The highest BCUT2D eigenvalue weighted by Crippen LogP contribution is 2.34. The van der Waals surface area contributed by atoms with Crippen molar-refractivity contribution in [2.24, 2.45) is 0 Å². The number of amides is 2. The van der Waals surface area contributed by atoms with Crippen LogP contribution in [0.15, 0.2) is 60.7 Å². The van der Waals surface area contributed by atoms with E-state index < -0.39 is 5.92 Å². The number of imidazole rings is 1. The van der Waals surface area contributed by atoms with Crippen LogP contribution in [0, 0.1) is 0 Å². The van der Waals surface area contributed by atoms with Crippen LogP contribution in [0.5, 0.6) is 0 Å². The Balaban J connectivity index is 1.59. The molecule has 1 fully saturated rings. The van der Waals surface area contributed by atoms with Gasteiger partial charge in [-0.1, -0.05) is 60.7 Å². The Kier molecular flexibility index (Phi) is 5.49. The first-order valence-corrected chi connectivity index (χ1v) is 11.1. The first kappa shape index (κ1) is 20.5. The normalized spacial score (nSPS) is 18.7. The van der Waals surface area contributed by atoms with E-state index in [0.717, 1.165) is 43.3 Å². The monoisotopic (exact) mass is 429 g/mol. The Bertz CT molecular complexity index is 1120. The third-order valence-corrected chi connectivity index (χ3v) is 6.24. The lowest BCUT2D eigenvalue weighted by Gasteiger charge is -2.30. The van der Waals surface area contributed by atoms with Crippen LogP contribution in [0.25, 0.3) is 0 Å². The summed E-state index contributed by atoms with van der Waals surface area (Å²) in [5.74, 6) is -0.153. The summed E-state index contributed by atoms with van der Waals surface area (Å²) >= 11 is 0. The smallest absolute Gasteiger partial charge is 0.279 e. The highest BCUT2D eigenvalue weighted by molar-refractivity contribution is 6.10. The number of anilines is 1. The lowest BCUT2D eigenvalue weighted by atomic mass is 9.98. The van der Waals surface area contributed by atoms with Gasteiger partial charge in [0, 0.05) is 26.2 Å². The molecule has 2 aliphatic heterocycles. The molecule has 1 N–H and O–H groups in total. The predicted octanol–water partition coefficient (Wildman–Crippen LogP) is 2.63. The molecule has 1 unspecified atom stereocenters. The van der Waals surface area contributed by atoms with Crippen LogP contribution in [0.3, 0.4) is 0 Å². The zero-order valence-corrected chi connectivity index (χ0v) is 18.2. The lowest BCUT2D eigenvalue weighted by molar-refractivity contribution is -0.131. The van der Waals surface area contributed by atoms with Crippen LogP contribution >= 0.6 is 0 Å². The largest absolute Gasteiger partial charge is 0.340 e. The van der Waals surface area contributed by atoms with Crippen LogP contribution in [0.2, 0.25) is 0 Å². The Hall–Kier alpha value is -3.45. The van der Waals surface area contributed by atoms with Crippen molar-refractivity contribution in [1.82, 2.24) is 19.8 Å². The van der Waals surface area contributed by atoms with E-state index in [-0.39, 0.29) is 18.4 Å². The molecule has 3 heterocycles. The number of fused-ring (bicyclic) bond motifs is 1.